The number of rotatable bonds is 6. The van der Waals surface area contributed by atoms with Crippen molar-refractivity contribution >= 4 is 5.82 Å². The number of fused-ring (bicyclic) bond motifs is 1. The molecule has 9 heteroatoms. The lowest BCUT2D eigenvalue weighted by atomic mass is 10.00. The van der Waals surface area contributed by atoms with Crippen molar-refractivity contribution in [2.45, 2.75) is 51.2 Å². The van der Waals surface area contributed by atoms with Gasteiger partial charge in [-0.2, -0.15) is 13.2 Å². The molecule has 1 aromatic carbocycles. The van der Waals surface area contributed by atoms with Gasteiger partial charge >= 0.3 is 6.18 Å². The Hall–Kier alpha value is -2.26. The molecule has 2 aromatic rings. The van der Waals surface area contributed by atoms with E-state index in [2.05, 4.69) is 20.4 Å². The fraction of sp³-hybridized carbons (Fsp3) is 0.615. The molecule has 1 saturated carbocycles. The first-order chi connectivity index (χ1) is 16.8. The molecule has 5 nitrogen and oxygen atoms in total. The average Bonchev–Trinajstić information content (AvgIpc) is 3.37. The summed E-state index contributed by atoms with van der Waals surface area (Å²) in [6, 6.07) is 5.26. The van der Waals surface area contributed by atoms with E-state index < -0.39 is 17.6 Å². The molecule has 190 valence electrons. The lowest BCUT2D eigenvalue weighted by Crippen LogP contribution is -2.32. The Balaban J connectivity index is 1.27. The highest BCUT2D eigenvalue weighted by Gasteiger charge is 2.43. The second-order valence-electron chi connectivity index (χ2n) is 10.3. The van der Waals surface area contributed by atoms with Crippen LogP contribution in [0.4, 0.5) is 23.4 Å². The summed E-state index contributed by atoms with van der Waals surface area (Å²) in [6.45, 7) is 6.69. The number of aromatic nitrogens is 2. The molecule has 0 amide bonds. The number of likely N-dealkylation sites (tertiary alicyclic amines) is 1. The van der Waals surface area contributed by atoms with Crippen LogP contribution in [-0.2, 0) is 17.3 Å². The Labute approximate surface area is 203 Å². The Morgan fingerprint density at radius 1 is 1.06 bits per heavy atom. The van der Waals surface area contributed by atoms with Gasteiger partial charge in [-0.1, -0.05) is 13.0 Å². The summed E-state index contributed by atoms with van der Waals surface area (Å²) < 4.78 is 61.7. The predicted molar refractivity (Wildman–Crippen MR) is 125 cm³/mol. The fourth-order valence-corrected chi connectivity index (χ4v) is 5.99. The van der Waals surface area contributed by atoms with E-state index in [4.69, 9.17) is 4.74 Å². The van der Waals surface area contributed by atoms with E-state index in [1.165, 1.54) is 12.1 Å². The molecule has 2 aliphatic heterocycles. The van der Waals surface area contributed by atoms with Gasteiger partial charge in [-0.25, -0.2) is 4.39 Å². The Bertz CT molecular complexity index is 1030. The molecule has 0 radical (unpaired) electrons. The Morgan fingerprint density at radius 3 is 2.43 bits per heavy atom. The summed E-state index contributed by atoms with van der Waals surface area (Å²) in [5, 5.41) is 10.9. The molecule has 0 bridgehead atoms. The quantitative estimate of drug-likeness (QED) is 0.547. The standard InChI is InChI=1S/C26H32F4N4O/c1-2-16-3-4-23(27)21(9-16)24-12-22(26(28,29)30)25(33-32-24)31-20-10-18-14-34(15-19(18)11-20)13-17-5-7-35-8-6-17/h3-4,9,12,17-20H,2,5-8,10-11,13-15H2,1H3,(H,31,33)/t18-,19+,20+. The van der Waals surface area contributed by atoms with Gasteiger partial charge in [0, 0.05) is 44.5 Å². The molecule has 3 fully saturated rings. The molecular formula is C26H32F4N4O. The number of halogens is 4. The largest absolute Gasteiger partial charge is 0.420 e. The van der Waals surface area contributed by atoms with Gasteiger partial charge in [0.2, 0.25) is 0 Å². The van der Waals surface area contributed by atoms with Crippen LogP contribution in [0.3, 0.4) is 0 Å². The molecule has 2 saturated heterocycles. The average molecular weight is 493 g/mol. The highest BCUT2D eigenvalue weighted by molar-refractivity contribution is 5.64. The Kier molecular flexibility index (Phi) is 6.99. The lowest BCUT2D eigenvalue weighted by molar-refractivity contribution is -0.137. The fourth-order valence-electron chi connectivity index (χ4n) is 5.99. The van der Waals surface area contributed by atoms with Gasteiger partial charge in [0.25, 0.3) is 0 Å². The van der Waals surface area contributed by atoms with Crippen LogP contribution >= 0.6 is 0 Å². The molecule has 3 heterocycles. The van der Waals surface area contributed by atoms with Crippen molar-refractivity contribution in [1.29, 1.82) is 0 Å². The first-order valence-corrected chi connectivity index (χ1v) is 12.6. The number of alkyl halides is 3. The molecule has 35 heavy (non-hydrogen) atoms. The van der Waals surface area contributed by atoms with Crippen molar-refractivity contribution in [2.75, 3.05) is 38.2 Å². The summed E-state index contributed by atoms with van der Waals surface area (Å²) in [6.07, 6.45) is -0.120. The molecule has 1 N–H and O–H groups in total. The van der Waals surface area contributed by atoms with Crippen LogP contribution in [0.2, 0.25) is 0 Å². The third-order valence-electron chi connectivity index (χ3n) is 7.84. The van der Waals surface area contributed by atoms with Crippen LogP contribution in [0.1, 0.15) is 43.7 Å². The van der Waals surface area contributed by atoms with E-state index in [0.717, 1.165) is 70.2 Å². The number of aryl methyl sites for hydroxylation is 1. The van der Waals surface area contributed by atoms with Gasteiger partial charge in [0.15, 0.2) is 5.82 Å². The highest BCUT2D eigenvalue weighted by atomic mass is 19.4. The number of nitrogens with zero attached hydrogens (tertiary/aromatic N) is 3. The highest BCUT2D eigenvalue weighted by Crippen LogP contribution is 2.42. The third kappa shape index (κ3) is 5.45. The summed E-state index contributed by atoms with van der Waals surface area (Å²) in [7, 11) is 0. The number of benzene rings is 1. The van der Waals surface area contributed by atoms with E-state index >= 15 is 0 Å². The smallest absolute Gasteiger partial charge is 0.381 e. The van der Waals surface area contributed by atoms with Gasteiger partial charge in [0.1, 0.15) is 11.4 Å². The first-order valence-electron chi connectivity index (χ1n) is 12.6. The van der Waals surface area contributed by atoms with E-state index in [1.54, 1.807) is 6.07 Å². The number of hydrogen-bond donors (Lipinski definition) is 1. The van der Waals surface area contributed by atoms with E-state index in [0.29, 0.717) is 24.2 Å². The molecule has 1 aliphatic carbocycles. The van der Waals surface area contributed by atoms with Crippen LogP contribution in [0.25, 0.3) is 11.3 Å². The van der Waals surface area contributed by atoms with E-state index in [-0.39, 0.29) is 23.1 Å². The van der Waals surface area contributed by atoms with E-state index in [9.17, 15) is 17.6 Å². The van der Waals surface area contributed by atoms with E-state index in [1.807, 2.05) is 6.92 Å². The van der Waals surface area contributed by atoms with Crippen molar-refractivity contribution in [1.82, 2.24) is 15.1 Å². The lowest BCUT2D eigenvalue weighted by Gasteiger charge is -2.28. The zero-order valence-electron chi connectivity index (χ0n) is 20.0. The minimum absolute atomic E-state index is 0.0360. The van der Waals surface area contributed by atoms with Crippen LogP contribution in [0.15, 0.2) is 24.3 Å². The molecule has 0 spiro atoms. The monoisotopic (exact) mass is 492 g/mol. The van der Waals surface area contributed by atoms with Crippen molar-refractivity contribution in [3.63, 3.8) is 0 Å². The molecular weight excluding hydrogens is 460 g/mol. The maximum absolute atomic E-state index is 14.4. The zero-order valence-corrected chi connectivity index (χ0v) is 20.0. The van der Waals surface area contributed by atoms with Gasteiger partial charge < -0.3 is 15.0 Å². The predicted octanol–water partition coefficient (Wildman–Crippen LogP) is 5.41. The molecule has 1 aromatic heterocycles. The second-order valence-corrected chi connectivity index (χ2v) is 10.3. The maximum Gasteiger partial charge on any atom is 0.420 e. The zero-order chi connectivity index (χ0) is 24.6. The second kappa shape index (κ2) is 10.0. The first kappa shape index (κ1) is 24.4. The molecule has 3 atom stereocenters. The summed E-state index contributed by atoms with van der Waals surface area (Å²) in [5.74, 6) is 0.777. The number of ether oxygens (including phenoxy) is 1. The van der Waals surface area contributed by atoms with Gasteiger partial charge in [0.05, 0.1) is 5.69 Å². The van der Waals surface area contributed by atoms with Crippen LogP contribution in [-0.4, -0.2) is 54.0 Å². The van der Waals surface area contributed by atoms with Gasteiger partial charge in [-0.3, -0.25) is 0 Å². The van der Waals surface area contributed by atoms with Gasteiger partial charge in [-0.15, -0.1) is 10.2 Å². The van der Waals surface area contributed by atoms with Gasteiger partial charge in [-0.05, 0) is 73.6 Å². The van der Waals surface area contributed by atoms with Crippen molar-refractivity contribution in [3.8, 4) is 11.3 Å². The summed E-state index contributed by atoms with van der Waals surface area (Å²) >= 11 is 0. The van der Waals surface area contributed by atoms with Crippen LogP contribution in [0, 0.1) is 23.6 Å². The Morgan fingerprint density at radius 2 is 1.77 bits per heavy atom. The number of anilines is 1. The molecule has 5 rings (SSSR count). The summed E-state index contributed by atoms with van der Waals surface area (Å²) in [4.78, 5) is 2.52. The molecule has 0 unspecified atom stereocenters. The maximum atomic E-state index is 14.4. The van der Waals surface area contributed by atoms with Crippen molar-refractivity contribution in [2.24, 2.45) is 17.8 Å². The van der Waals surface area contributed by atoms with Crippen LogP contribution < -0.4 is 5.32 Å². The number of nitrogens with one attached hydrogen (secondary N) is 1. The molecule has 3 aliphatic rings. The SMILES string of the molecule is CCc1ccc(F)c(-c2cc(C(F)(F)F)c(N[C@H]3C[C@@H]4CN(CC5CCOCC5)C[C@@H]4C3)nn2)c1. The topological polar surface area (TPSA) is 50.3 Å². The van der Waals surface area contributed by atoms with Crippen LogP contribution in [0.5, 0.6) is 0 Å². The summed E-state index contributed by atoms with van der Waals surface area (Å²) in [5.41, 5.74) is -0.152. The van der Waals surface area contributed by atoms with Crippen molar-refractivity contribution < 1.29 is 22.3 Å². The minimum atomic E-state index is -4.62. The number of hydrogen-bond acceptors (Lipinski definition) is 5. The third-order valence-corrected chi connectivity index (χ3v) is 7.84. The normalized spacial score (nSPS) is 25.7. The minimum Gasteiger partial charge on any atom is -0.381 e. The van der Waals surface area contributed by atoms with Crippen molar-refractivity contribution in [3.05, 3.63) is 41.2 Å².